The third-order valence-corrected chi connectivity index (χ3v) is 7.68. The van der Waals surface area contributed by atoms with Gasteiger partial charge in [-0.3, -0.25) is 14.5 Å². The van der Waals surface area contributed by atoms with E-state index < -0.39 is 5.82 Å². The largest absolute Gasteiger partial charge is 0.505 e. The summed E-state index contributed by atoms with van der Waals surface area (Å²) in [5, 5.41) is 9.56. The molecule has 2 fully saturated rings. The maximum atomic E-state index is 14.0. The van der Waals surface area contributed by atoms with E-state index in [0.717, 1.165) is 22.3 Å². The highest BCUT2D eigenvalue weighted by molar-refractivity contribution is 6.05. The second-order valence-corrected chi connectivity index (χ2v) is 9.78. The lowest BCUT2D eigenvalue weighted by atomic mass is 9.69. The number of phenolic OH excluding ortho intramolecular Hbond substituents is 1. The maximum absolute atomic E-state index is 14.0. The molecule has 36 heavy (non-hydrogen) atoms. The topological polar surface area (TPSA) is 76.1 Å². The van der Waals surface area contributed by atoms with Gasteiger partial charge in [-0.2, -0.15) is 0 Å². The summed E-state index contributed by atoms with van der Waals surface area (Å²) in [7, 11) is 3.20. The molecular formula is C29H30FNO5. The van der Waals surface area contributed by atoms with Crippen molar-refractivity contribution in [3.63, 3.8) is 0 Å². The van der Waals surface area contributed by atoms with Gasteiger partial charge in [-0.15, -0.1) is 0 Å². The molecule has 0 spiro atoms. The summed E-state index contributed by atoms with van der Waals surface area (Å²) in [5.74, 6) is -2.10. The first-order chi connectivity index (χ1) is 17.4. The van der Waals surface area contributed by atoms with Crippen LogP contribution in [0, 0.1) is 23.6 Å². The van der Waals surface area contributed by atoms with E-state index in [9.17, 15) is 19.1 Å². The number of fused-ring (bicyclic) bond motifs is 3. The monoisotopic (exact) mass is 491 g/mol. The number of amides is 2. The maximum Gasteiger partial charge on any atom is 0.233 e. The SMILES string of the molecule is COCC1=C2[C@@H](CC/C(=C/c3ccc(O)c(F)c3)c3ccccc3)OC[C@@H]2[C@@H]2C(=O)N(C)C(=O)[C@@H]2C1. The molecule has 4 atom stereocenters. The molecule has 1 aliphatic carbocycles. The summed E-state index contributed by atoms with van der Waals surface area (Å²) in [6.45, 7) is 0.822. The van der Waals surface area contributed by atoms with Crippen molar-refractivity contribution in [1.82, 2.24) is 4.90 Å². The first-order valence-corrected chi connectivity index (χ1v) is 12.3. The van der Waals surface area contributed by atoms with Gasteiger partial charge in [0.05, 0.1) is 31.2 Å². The molecule has 0 unspecified atom stereocenters. The highest BCUT2D eigenvalue weighted by Crippen LogP contribution is 2.49. The fraction of sp³-hybridized carbons (Fsp3) is 0.379. The van der Waals surface area contributed by atoms with Gasteiger partial charge in [0.1, 0.15) is 0 Å². The molecule has 188 valence electrons. The molecule has 2 aromatic carbocycles. The van der Waals surface area contributed by atoms with Crippen LogP contribution in [0.1, 0.15) is 30.4 Å². The van der Waals surface area contributed by atoms with E-state index in [2.05, 4.69) is 0 Å². The Labute approximate surface area is 210 Å². The second-order valence-electron chi connectivity index (χ2n) is 9.78. The average Bonchev–Trinajstić information content (AvgIpc) is 3.40. The lowest BCUT2D eigenvalue weighted by Crippen LogP contribution is -2.34. The predicted octanol–water partition coefficient (Wildman–Crippen LogP) is 4.44. The zero-order chi connectivity index (χ0) is 25.4. The number of benzene rings is 2. The first-order valence-electron chi connectivity index (χ1n) is 12.3. The predicted molar refractivity (Wildman–Crippen MR) is 133 cm³/mol. The molecule has 2 amide bonds. The molecule has 2 heterocycles. The van der Waals surface area contributed by atoms with E-state index in [1.807, 2.05) is 36.4 Å². The lowest BCUT2D eigenvalue weighted by molar-refractivity contribution is -0.138. The van der Waals surface area contributed by atoms with E-state index in [1.165, 1.54) is 17.0 Å². The molecule has 0 saturated carbocycles. The van der Waals surface area contributed by atoms with Crippen LogP contribution in [0.15, 0.2) is 59.7 Å². The molecule has 5 rings (SSSR count). The number of hydrogen-bond acceptors (Lipinski definition) is 5. The van der Waals surface area contributed by atoms with Gasteiger partial charge in [0.2, 0.25) is 11.8 Å². The number of phenols is 1. The third-order valence-electron chi connectivity index (χ3n) is 7.68. The Morgan fingerprint density at radius 2 is 1.94 bits per heavy atom. The van der Waals surface area contributed by atoms with Crippen molar-refractivity contribution < 1.29 is 28.6 Å². The molecule has 2 saturated heterocycles. The molecule has 6 nitrogen and oxygen atoms in total. The van der Waals surface area contributed by atoms with Crippen LogP contribution in [0.25, 0.3) is 11.6 Å². The number of rotatable bonds is 7. The minimum Gasteiger partial charge on any atom is -0.505 e. The van der Waals surface area contributed by atoms with Gasteiger partial charge in [-0.25, -0.2) is 4.39 Å². The standard InChI is InChI=1S/C29H30FNO5/c1-31-28(33)21-14-20(15-35-2)26-22(27(21)29(31)34)16-36-25(26)11-9-19(18-6-4-3-5-7-18)12-17-8-10-24(32)23(30)13-17/h3-8,10,12-13,21-22,25,27,32H,9,11,14-16H2,1-2H3/b19-12-/t21-,22+,25-,27-/m1/s1. The van der Waals surface area contributed by atoms with Crippen molar-refractivity contribution in [3.05, 3.63) is 76.6 Å². The van der Waals surface area contributed by atoms with Crippen LogP contribution < -0.4 is 0 Å². The third kappa shape index (κ3) is 4.38. The zero-order valence-electron chi connectivity index (χ0n) is 20.4. The normalized spacial score (nSPS) is 26.0. The number of carbonyl (C=O) groups excluding carboxylic acids is 2. The average molecular weight is 492 g/mol. The van der Waals surface area contributed by atoms with Crippen LogP contribution in [-0.4, -0.2) is 55.3 Å². The van der Waals surface area contributed by atoms with Gasteiger partial charge in [0.15, 0.2) is 11.6 Å². The number of carbonyl (C=O) groups is 2. The summed E-state index contributed by atoms with van der Waals surface area (Å²) in [6, 6.07) is 14.3. The van der Waals surface area contributed by atoms with Gasteiger partial charge in [-0.05, 0) is 59.2 Å². The van der Waals surface area contributed by atoms with Crippen molar-refractivity contribution >= 4 is 23.5 Å². The number of likely N-dealkylation sites (tertiary alicyclic amines) is 1. The van der Waals surface area contributed by atoms with Crippen molar-refractivity contribution in [3.8, 4) is 5.75 Å². The van der Waals surface area contributed by atoms with Crippen LogP contribution in [0.2, 0.25) is 0 Å². The van der Waals surface area contributed by atoms with Gasteiger partial charge in [0.25, 0.3) is 0 Å². The molecule has 0 aromatic heterocycles. The van der Waals surface area contributed by atoms with Crippen molar-refractivity contribution in [1.29, 1.82) is 0 Å². The minimum absolute atomic E-state index is 0.114. The van der Waals surface area contributed by atoms with Gasteiger partial charge < -0.3 is 14.6 Å². The van der Waals surface area contributed by atoms with Crippen molar-refractivity contribution in [2.24, 2.45) is 17.8 Å². The number of aromatic hydroxyl groups is 1. The molecule has 3 aliphatic rings. The van der Waals surface area contributed by atoms with E-state index >= 15 is 0 Å². The Hall–Kier alpha value is -3.29. The Kier molecular flexibility index (Phi) is 6.77. The highest BCUT2D eigenvalue weighted by Gasteiger charge is 2.56. The number of hydrogen-bond donors (Lipinski definition) is 1. The lowest BCUT2D eigenvalue weighted by Gasteiger charge is -2.31. The Bertz CT molecular complexity index is 1240. The second kappa shape index (κ2) is 9.99. The minimum atomic E-state index is -0.662. The van der Waals surface area contributed by atoms with E-state index in [1.54, 1.807) is 20.2 Å². The van der Waals surface area contributed by atoms with Crippen LogP contribution in [0.4, 0.5) is 4.39 Å². The quantitative estimate of drug-likeness (QED) is 0.352. The molecule has 0 radical (unpaired) electrons. The fourth-order valence-corrected chi connectivity index (χ4v) is 5.99. The molecular weight excluding hydrogens is 461 g/mol. The van der Waals surface area contributed by atoms with Crippen LogP contribution in [0.5, 0.6) is 5.75 Å². The van der Waals surface area contributed by atoms with Crippen LogP contribution in [-0.2, 0) is 19.1 Å². The van der Waals surface area contributed by atoms with E-state index in [0.29, 0.717) is 38.0 Å². The van der Waals surface area contributed by atoms with E-state index in [4.69, 9.17) is 9.47 Å². The highest BCUT2D eigenvalue weighted by atomic mass is 19.1. The van der Waals surface area contributed by atoms with Crippen molar-refractivity contribution in [2.45, 2.75) is 25.4 Å². The summed E-state index contributed by atoms with van der Waals surface area (Å²) in [4.78, 5) is 26.9. The molecule has 2 aromatic rings. The number of allylic oxidation sites excluding steroid dienone is 1. The summed E-state index contributed by atoms with van der Waals surface area (Å²) in [6.07, 6.45) is 3.61. The molecule has 2 aliphatic heterocycles. The summed E-state index contributed by atoms with van der Waals surface area (Å²) >= 11 is 0. The number of ether oxygens (including phenoxy) is 2. The summed E-state index contributed by atoms with van der Waals surface area (Å²) in [5.41, 5.74) is 4.87. The molecule has 0 bridgehead atoms. The summed E-state index contributed by atoms with van der Waals surface area (Å²) < 4.78 is 25.7. The number of imide groups is 1. The fourth-order valence-electron chi connectivity index (χ4n) is 5.99. The molecule has 1 N–H and O–H groups in total. The van der Waals surface area contributed by atoms with Crippen molar-refractivity contribution in [2.75, 3.05) is 27.4 Å². The van der Waals surface area contributed by atoms with Crippen LogP contribution in [0.3, 0.4) is 0 Å². The molecule has 7 heteroatoms. The zero-order valence-corrected chi connectivity index (χ0v) is 20.4. The number of methoxy groups -OCH3 is 1. The Morgan fingerprint density at radius 3 is 2.67 bits per heavy atom. The van der Waals surface area contributed by atoms with Gasteiger partial charge in [-0.1, -0.05) is 42.5 Å². The Morgan fingerprint density at radius 1 is 1.17 bits per heavy atom. The number of nitrogens with zero attached hydrogens (tertiary/aromatic N) is 1. The first kappa shape index (κ1) is 24.4. The Balaban J connectivity index is 1.43. The number of halogens is 1. The van der Waals surface area contributed by atoms with Crippen LogP contribution >= 0.6 is 0 Å². The van der Waals surface area contributed by atoms with E-state index in [-0.39, 0.29) is 41.4 Å². The smallest absolute Gasteiger partial charge is 0.233 e. The van der Waals surface area contributed by atoms with Gasteiger partial charge in [0, 0.05) is 20.1 Å². The van der Waals surface area contributed by atoms with Gasteiger partial charge >= 0.3 is 0 Å².